The first-order valence-corrected chi connectivity index (χ1v) is 14.7. The average Bonchev–Trinajstić information content (AvgIpc) is 3.35. The minimum atomic E-state index is -4.94. The summed E-state index contributed by atoms with van der Waals surface area (Å²) < 4.78 is 80.2. The van der Waals surface area contributed by atoms with Crippen molar-refractivity contribution in [3.8, 4) is 11.8 Å². The highest BCUT2D eigenvalue weighted by molar-refractivity contribution is 7.91. The molecular formula is C30H36F4N4O3S. The predicted molar refractivity (Wildman–Crippen MR) is 153 cm³/mol. The van der Waals surface area contributed by atoms with Crippen molar-refractivity contribution >= 4 is 15.7 Å². The first-order chi connectivity index (χ1) is 19.0. The van der Waals surface area contributed by atoms with E-state index in [0.717, 1.165) is 6.07 Å². The Bertz CT molecular complexity index is 1550. The van der Waals surface area contributed by atoms with Crippen LogP contribution in [0.2, 0.25) is 0 Å². The van der Waals surface area contributed by atoms with Gasteiger partial charge in [0.15, 0.2) is 9.84 Å². The summed E-state index contributed by atoms with van der Waals surface area (Å²) in [5.74, 6) is -2.20. The molecule has 228 valence electrons. The van der Waals surface area contributed by atoms with Gasteiger partial charge in [-0.2, -0.15) is 18.4 Å². The van der Waals surface area contributed by atoms with Crippen molar-refractivity contribution in [2.24, 2.45) is 0 Å². The zero-order chi connectivity index (χ0) is 30.8. The number of carbonyl (C=O) groups is 1. The molecule has 1 atom stereocenters. The van der Waals surface area contributed by atoms with Gasteiger partial charge in [-0.25, -0.2) is 17.8 Å². The summed E-state index contributed by atoms with van der Waals surface area (Å²) in [6.07, 6.45) is -3.65. The lowest BCUT2D eigenvalue weighted by atomic mass is 9.93. The third-order valence-electron chi connectivity index (χ3n) is 6.71. The molecule has 1 heterocycles. The zero-order valence-corrected chi connectivity index (χ0v) is 24.3. The Balaban J connectivity index is 0.00000616. The van der Waals surface area contributed by atoms with Crippen molar-refractivity contribution in [2.75, 3.05) is 18.1 Å². The molecule has 0 fully saturated rings. The maximum absolute atomic E-state index is 13.8. The number of aromatic nitrogens is 2. The van der Waals surface area contributed by atoms with Crippen LogP contribution in [0, 0.1) is 17.1 Å². The van der Waals surface area contributed by atoms with Crippen LogP contribution in [0.1, 0.15) is 76.3 Å². The first kappa shape index (κ1) is 34.5. The Morgan fingerprint density at radius 3 is 2.26 bits per heavy atom. The molecule has 3 rings (SSSR count). The molecule has 0 aliphatic rings. The summed E-state index contributed by atoms with van der Waals surface area (Å²) in [6.45, 7) is 8.78. The van der Waals surface area contributed by atoms with Crippen molar-refractivity contribution in [2.45, 2.75) is 66.1 Å². The number of imidazole rings is 1. The highest BCUT2D eigenvalue weighted by Crippen LogP contribution is 2.33. The number of benzene rings is 2. The Labute approximate surface area is 244 Å². The van der Waals surface area contributed by atoms with Crippen LogP contribution in [0.5, 0.6) is 0 Å². The molecule has 0 spiro atoms. The van der Waals surface area contributed by atoms with Crippen LogP contribution in [0.15, 0.2) is 48.7 Å². The fourth-order valence-electron chi connectivity index (χ4n) is 4.19. The molecule has 0 aliphatic heterocycles. The highest BCUT2D eigenvalue weighted by Gasteiger charge is 2.35. The van der Waals surface area contributed by atoms with Gasteiger partial charge in [0, 0.05) is 29.6 Å². The summed E-state index contributed by atoms with van der Waals surface area (Å²) >= 11 is 0. The molecule has 0 saturated heterocycles. The van der Waals surface area contributed by atoms with Crippen molar-refractivity contribution in [1.29, 1.82) is 5.26 Å². The molecule has 0 bridgehead atoms. The SMILES string of the molecule is C.CCS(=O)(=O)CCN(C(=O)Cc1ccc(F)c(C(F)(F)F)c1)[C@H](C)c1nc(C(C)(C)C)cn1-c1ccc(C#N)cc1. The van der Waals surface area contributed by atoms with Crippen molar-refractivity contribution in [1.82, 2.24) is 14.5 Å². The summed E-state index contributed by atoms with van der Waals surface area (Å²) in [4.78, 5) is 19.7. The van der Waals surface area contributed by atoms with E-state index in [2.05, 4.69) is 6.07 Å². The second-order valence-electron chi connectivity index (χ2n) is 10.8. The molecule has 0 aliphatic carbocycles. The van der Waals surface area contributed by atoms with E-state index in [1.165, 1.54) is 11.8 Å². The van der Waals surface area contributed by atoms with E-state index >= 15 is 0 Å². The van der Waals surface area contributed by atoms with Crippen LogP contribution in [-0.2, 0) is 32.6 Å². The third-order valence-corrected chi connectivity index (χ3v) is 8.40. The van der Waals surface area contributed by atoms with Crippen LogP contribution < -0.4 is 0 Å². The number of nitriles is 1. The second kappa shape index (κ2) is 13.1. The number of sulfone groups is 1. The second-order valence-corrected chi connectivity index (χ2v) is 13.2. The van der Waals surface area contributed by atoms with E-state index in [4.69, 9.17) is 4.98 Å². The topological polar surface area (TPSA) is 96.1 Å². The Kier molecular flexibility index (Phi) is 10.7. The van der Waals surface area contributed by atoms with E-state index in [9.17, 15) is 36.0 Å². The molecule has 2 aromatic carbocycles. The molecule has 1 aromatic heterocycles. The predicted octanol–water partition coefficient (Wildman–Crippen LogP) is 6.40. The summed E-state index contributed by atoms with van der Waals surface area (Å²) in [5, 5.41) is 9.18. The number of hydrogen-bond donors (Lipinski definition) is 0. The summed E-state index contributed by atoms with van der Waals surface area (Å²) in [7, 11) is -3.51. The van der Waals surface area contributed by atoms with Gasteiger partial charge in [0.25, 0.3) is 0 Å². The molecule has 0 unspecified atom stereocenters. The lowest BCUT2D eigenvalue weighted by molar-refractivity contribution is -0.140. The van der Waals surface area contributed by atoms with Crippen molar-refractivity contribution in [3.63, 3.8) is 0 Å². The van der Waals surface area contributed by atoms with Gasteiger partial charge < -0.3 is 9.47 Å². The molecule has 42 heavy (non-hydrogen) atoms. The maximum Gasteiger partial charge on any atom is 0.419 e. The zero-order valence-electron chi connectivity index (χ0n) is 23.5. The van der Waals surface area contributed by atoms with E-state index < -0.39 is 51.2 Å². The van der Waals surface area contributed by atoms with E-state index in [-0.39, 0.29) is 31.0 Å². The Morgan fingerprint density at radius 1 is 1.12 bits per heavy atom. The standard InChI is InChI=1S/C29H32F4N4O3S.CH4/c1-6-41(39,40)14-13-36(26(38)16-21-9-12-24(30)23(15-21)29(31,32)33)19(2)27-35-25(28(3,4)5)18-37(27)22-10-7-20(17-34)8-11-22;/h7-12,15,18-19H,6,13-14,16H2,1-5H3;1H4/t19-;/m1./s1. The van der Waals surface area contributed by atoms with Crippen LogP contribution in [0.4, 0.5) is 17.6 Å². The summed E-state index contributed by atoms with van der Waals surface area (Å²) in [6, 6.07) is 10.3. The first-order valence-electron chi connectivity index (χ1n) is 12.9. The molecule has 3 aromatic rings. The molecule has 1 amide bonds. The van der Waals surface area contributed by atoms with E-state index in [1.807, 2.05) is 20.8 Å². The van der Waals surface area contributed by atoms with Crippen LogP contribution in [0.25, 0.3) is 5.69 Å². The minimum absolute atomic E-state index is 0. The molecule has 0 N–H and O–H groups in total. The average molecular weight is 609 g/mol. The monoisotopic (exact) mass is 608 g/mol. The lowest BCUT2D eigenvalue weighted by Crippen LogP contribution is -2.39. The fourth-order valence-corrected chi connectivity index (χ4v) is 4.95. The molecule has 12 heteroatoms. The number of alkyl halides is 3. The van der Waals surface area contributed by atoms with E-state index in [1.54, 1.807) is 42.0 Å². The molecule has 7 nitrogen and oxygen atoms in total. The molecule has 0 saturated carbocycles. The largest absolute Gasteiger partial charge is 0.419 e. The van der Waals surface area contributed by atoms with Crippen molar-refractivity contribution in [3.05, 3.63) is 82.7 Å². The van der Waals surface area contributed by atoms with E-state index in [0.29, 0.717) is 34.9 Å². The van der Waals surface area contributed by atoms with Gasteiger partial charge in [-0.05, 0) is 48.9 Å². The number of halogens is 4. The van der Waals surface area contributed by atoms with Crippen LogP contribution in [0.3, 0.4) is 0 Å². The molecule has 0 radical (unpaired) electrons. The number of rotatable bonds is 9. The van der Waals surface area contributed by atoms with Crippen LogP contribution in [-0.4, -0.2) is 46.8 Å². The van der Waals surface area contributed by atoms with Gasteiger partial charge in [0.2, 0.25) is 5.91 Å². The highest BCUT2D eigenvalue weighted by atomic mass is 32.2. The number of carbonyl (C=O) groups excluding carboxylic acids is 1. The lowest BCUT2D eigenvalue weighted by Gasteiger charge is -2.29. The van der Waals surface area contributed by atoms with Gasteiger partial charge in [0.1, 0.15) is 11.6 Å². The maximum atomic E-state index is 13.8. The Morgan fingerprint density at radius 2 is 1.74 bits per heavy atom. The van der Waals surface area contributed by atoms with Gasteiger partial charge in [-0.3, -0.25) is 4.79 Å². The number of amides is 1. The third kappa shape index (κ3) is 8.18. The minimum Gasteiger partial charge on any atom is -0.331 e. The van der Waals surface area contributed by atoms with Crippen molar-refractivity contribution < 1.29 is 30.8 Å². The normalized spacial score (nSPS) is 12.8. The van der Waals surface area contributed by atoms with Crippen LogP contribution >= 0.6 is 0 Å². The van der Waals surface area contributed by atoms with Gasteiger partial charge in [-0.15, -0.1) is 0 Å². The Hall–Kier alpha value is -3.72. The number of nitrogens with zero attached hydrogens (tertiary/aromatic N) is 4. The number of hydrogen-bond acceptors (Lipinski definition) is 5. The van der Waals surface area contributed by atoms with Gasteiger partial charge >= 0.3 is 6.18 Å². The van der Waals surface area contributed by atoms with Gasteiger partial charge in [0.05, 0.1) is 41.1 Å². The van der Waals surface area contributed by atoms with Gasteiger partial charge in [-0.1, -0.05) is 41.2 Å². The smallest absolute Gasteiger partial charge is 0.331 e. The quantitative estimate of drug-likeness (QED) is 0.262. The molecular weight excluding hydrogens is 572 g/mol. The fraction of sp³-hybridized carbons (Fsp3) is 0.433. The summed E-state index contributed by atoms with van der Waals surface area (Å²) in [5.41, 5.74) is -0.165.